The molecular weight excluding hydrogens is 291 g/mol. The molecule has 0 saturated carbocycles. The second-order valence-corrected chi connectivity index (χ2v) is 4.12. The van der Waals surface area contributed by atoms with Crippen LogP contribution in [-0.4, -0.2) is 18.8 Å². The molecule has 0 aliphatic rings. The number of rotatable bonds is 5. The van der Waals surface area contributed by atoms with E-state index < -0.39 is 41.0 Å². The molecule has 1 aromatic rings. The maximum absolute atomic E-state index is 13.5. The number of halogens is 7. The van der Waals surface area contributed by atoms with Crippen molar-refractivity contribution >= 4 is 5.69 Å². The largest absolute Gasteiger partial charge is 0.475 e. The molecule has 1 nitrogen and oxygen atoms in total. The zero-order chi connectivity index (χ0) is 15.6. The topological polar surface area (TPSA) is 3.24 Å². The monoisotopic (exact) mass is 303 g/mol. The zero-order valence-electron chi connectivity index (χ0n) is 10.4. The molecule has 0 atom stereocenters. The summed E-state index contributed by atoms with van der Waals surface area (Å²) in [6, 6.07) is -3.08. The van der Waals surface area contributed by atoms with Crippen LogP contribution in [0.3, 0.4) is 0 Å². The van der Waals surface area contributed by atoms with Crippen LogP contribution in [0.1, 0.15) is 19.8 Å². The van der Waals surface area contributed by atoms with Crippen molar-refractivity contribution in [3.63, 3.8) is 0 Å². The van der Waals surface area contributed by atoms with E-state index in [1.165, 1.54) is 0 Å². The average molecular weight is 303 g/mol. The van der Waals surface area contributed by atoms with E-state index in [2.05, 4.69) is 0 Å². The van der Waals surface area contributed by atoms with Crippen LogP contribution in [0.15, 0.2) is 18.2 Å². The Balaban J connectivity index is 3.29. The number of nitrogens with zero attached hydrogens (tertiary/aromatic N) is 1. The first-order valence-electron chi connectivity index (χ1n) is 5.79. The average Bonchev–Trinajstić information content (AvgIpc) is 2.33. The minimum atomic E-state index is -5.89. The molecule has 0 unspecified atom stereocenters. The van der Waals surface area contributed by atoms with Gasteiger partial charge in [0.2, 0.25) is 0 Å². The molecule has 0 aromatic heterocycles. The molecule has 0 bridgehead atoms. The Labute approximate surface area is 111 Å². The van der Waals surface area contributed by atoms with Crippen molar-refractivity contribution in [2.75, 3.05) is 11.4 Å². The van der Waals surface area contributed by atoms with Crippen LogP contribution in [0.2, 0.25) is 0 Å². The number of hydrogen-bond donors (Lipinski definition) is 0. The van der Waals surface area contributed by atoms with Gasteiger partial charge in [0.1, 0.15) is 0 Å². The smallest absolute Gasteiger partial charge is 0.303 e. The van der Waals surface area contributed by atoms with E-state index in [4.69, 9.17) is 0 Å². The first-order valence-corrected chi connectivity index (χ1v) is 5.79. The number of anilines is 1. The van der Waals surface area contributed by atoms with Gasteiger partial charge < -0.3 is 4.90 Å². The summed E-state index contributed by atoms with van der Waals surface area (Å²) in [6.07, 6.45) is -5.59. The summed E-state index contributed by atoms with van der Waals surface area (Å²) in [4.78, 5) is -0.449. The molecule has 0 fully saturated rings. The number of unbranched alkanes of at least 4 members (excludes halogenated alkanes) is 1. The predicted octanol–water partition coefficient (Wildman–Crippen LogP) is 4.73. The molecule has 8 heteroatoms. The second kappa shape index (κ2) is 5.88. The highest BCUT2D eigenvalue weighted by molar-refractivity contribution is 5.49. The normalized spacial score (nSPS) is 12.6. The fourth-order valence-electron chi connectivity index (χ4n) is 1.58. The first kappa shape index (κ1) is 16.6. The summed E-state index contributed by atoms with van der Waals surface area (Å²) in [6.45, 7) is 0.829. The molecule has 1 aromatic carbocycles. The van der Waals surface area contributed by atoms with Gasteiger partial charge in [-0.05, 0) is 18.6 Å². The third-order valence-electron chi connectivity index (χ3n) is 2.64. The van der Waals surface area contributed by atoms with Gasteiger partial charge >= 0.3 is 12.2 Å². The van der Waals surface area contributed by atoms with Gasteiger partial charge in [0.15, 0.2) is 11.6 Å². The minimum absolute atomic E-state index is 0.0262. The van der Waals surface area contributed by atoms with E-state index in [1.54, 1.807) is 6.92 Å². The van der Waals surface area contributed by atoms with Crippen molar-refractivity contribution in [3.05, 3.63) is 29.8 Å². The number of hydrogen-bond acceptors (Lipinski definition) is 1. The summed E-state index contributed by atoms with van der Waals surface area (Å²) < 4.78 is 90.6. The van der Waals surface area contributed by atoms with E-state index in [0.717, 1.165) is 6.07 Å². The van der Waals surface area contributed by atoms with Crippen molar-refractivity contribution in [3.8, 4) is 0 Å². The van der Waals surface area contributed by atoms with E-state index >= 15 is 0 Å². The Morgan fingerprint density at radius 3 is 2.15 bits per heavy atom. The van der Waals surface area contributed by atoms with Crippen LogP contribution in [0, 0.1) is 11.6 Å². The second-order valence-electron chi connectivity index (χ2n) is 4.12. The fraction of sp³-hybridized carbons (Fsp3) is 0.500. The predicted molar refractivity (Wildman–Crippen MR) is 59.6 cm³/mol. The maximum atomic E-state index is 13.5. The Morgan fingerprint density at radius 1 is 1.05 bits per heavy atom. The lowest BCUT2D eigenvalue weighted by Crippen LogP contribution is -2.53. The quantitative estimate of drug-likeness (QED) is 0.561. The lowest BCUT2D eigenvalue weighted by molar-refractivity contribution is -0.281. The Kier molecular flexibility index (Phi) is 4.88. The van der Waals surface area contributed by atoms with Gasteiger partial charge in [0.05, 0.1) is 5.69 Å². The summed E-state index contributed by atoms with van der Waals surface area (Å²) in [5.41, 5.74) is -1.11. The molecule has 0 aliphatic heterocycles. The molecule has 0 amide bonds. The highest BCUT2D eigenvalue weighted by Crippen LogP contribution is 2.41. The molecule has 0 saturated heterocycles. The molecule has 20 heavy (non-hydrogen) atoms. The summed E-state index contributed by atoms with van der Waals surface area (Å²) in [5.74, 6) is -3.21. The van der Waals surface area contributed by atoms with E-state index in [0.29, 0.717) is 18.6 Å². The molecule has 1 rings (SSSR count). The van der Waals surface area contributed by atoms with E-state index in [-0.39, 0.29) is 6.42 Å². The van der Waals surface area contributed by atoms with Crippen LogP contribution in [0.25, 0.3) is 0 Å². The number of alkyl halides is 5. The summed E-state index contributed by atoms with van der Waals surface area (Å²) >= 11 is 0. The van der Waals surface area contributed by atoms with Gasteiger partial charge in [0.25, 0.3) is 0 Å². The van der Waals surface area contributed by atoms with Crippen LogP contribution >= 0.6 is 0 Å². The summed E-state index contributed by atoms with van der Waals surface area (Å²) in [7, 11) is 0. The van der Waals surface area contributed by atoms with Crippen molar-refractivity contribution < 1.29 is 30.7 Å². The maximum Gasteiger partial charge on any atom is 0.475 e. The van der Waals surface area contributed by atoms with Gasteiger partial charge in [-0.2, -0.15) is 22.0 Å². The van der Waals surface area contributed by atoms with Gasteiger partial charge in [-0.25, -0.2) is 8.78 Å². The van der Waals surface area contributed by atoms with Crippen molar-refractivity contribution in [1.29, 1.82) is 0 Å². The third kappa shape index (κ3) is 3.16. The highest BCUT2D eigenvalue weighted by Gasteiger charge is 2.62. The van der Waals surface area contributed by atoms with E-state index in [9.17, 15) is 30.7 Å². The summed E-state index contributed by atoms with van der Waals surface area (Å²) in [5, 5.41) is 0. The Bertz CT molecular complexity index is 456. The SMILES string of the molecule is CCCCN(c1cccc(F)c1F)C(F)(F)C(F)(F)F. The molecular formula is C12H12F7N. The highest BCUT2D eigenvalue weighted by atomic mass is 19.4. The minimum Gasteiger partial charge on any atom is -0.303 e. The van der Waals surface area contributed by atoms with Gasteiger partial charge in [-0.3, -0.25) is 0 Å². The zero-order valence-corrected chi connectivity index (χ0v) is 10.4. The van der Waals surface area contributed by atoms with Crippen molar-refractivity contribution in [1.82, 2.24) is 0 Å². The molecule has 0 spiro atoms. The lowest BCUT2D eigenvalue weighted by atomic mass is 10.2. The molecule has 114 valence electrons. The fourth-order valence-corrected chi connectivity index (χ4v) is 1.58. The lowest BCUT2D eigenvalue weighted by Gasteiger charge is -2.34. The van der Waals surface area contributed by atoms with Crippen LogP contribution in [0.4, 0.5) is 36.4 Å². The standard InChI is InChI=1S/C12H12F7N/c1-2-3-7-20(12(18,19)11(15,16)17)9-6-4-5-8(13)10(9)14/h4-6H,2-3,7H2,1H3. The van der Waals surface area contributed by atoms with Crippen molar-refractivity contribution in [2.45, 2.75) is 32.0 Å². The van der Waals surface area contributed by atoms with Crippen LogP contribution in [-0.2, 0) is 0 Å². The first-order chi connectivity index (χ1) is 9.13. The Morgan fingerprint density at radius 2 is 1.65 bits per heavy atom. The van der Waals surface area contributed by atoms with Crippen LogP contribution < -0.4 is 4.90 Å². The molecule has 0 heterocycles. The third-order valence-corrected chi connectivity index (χ3v) is 2.64. The van der Waals surface area contributed by atoms with Crippen LogP contribution in [0.5, 0.6) is 0 Å². The van der Waals surface area contributed by atoms with Gasteiger partial charge in [-0.15, -0.1) is 0 Å². The Hall–Kier alpha value is -1.47. The van der Waals surface area contributed by atoms with Gasteiger partial charge in [0, 0.05) is 6.54 Å². The molecule has 0 radical (unpaired) electrons. The van der Waals surface area contributed by atoms with E-state index in [1.807, 2.05) is 0 Å². The van der Waals surface area contributed by atoms with Crippen molar-refractivity contribution in [2.24, 2.45) is 0 Å². The molecule has 0 N–H and O–H groups in total. The van der Waals surface area contributed by atoms with Gasteiger partial charge in [-0.1, -0.05) is 19.4 Å². The number of benzene rings is 1. The molecule has 0 aliphatic carbocycles.